The molecule has 0 aromatic rings. The topological polar surface area (TPSA) is 15.3 Å². The molecule has 0 aromatic heterocycles. The average molecular weight is 172 g/mol. The second kappa shape index (κ2) is 7.56. The molecule has 0 saturated heterocycles. The highest BCUT2D eigenvalue weighted by molar-refractivity contribution is 4.62. The van der Waals surface area contributed by atoms with Crippen molar-refractivity contribution in [1.29, 1.82) is 0 Å². The minimum atomic E-state index is 0.765. The zero-order valence-electron chi connectivity index (χ0n) is 9.06. The lowest BCUT2D eigenvalue weighted by molar-refractivity contribution is 0.247. The Labute approximate surface area is 77.3 Å². The Hall–Kier alpha value is -0.0800. The number of rotatable bonds is 7. The Morgan fingerprint density at radius 1 is 1.33 bits per heavy atom. The normalized spacial score (nSPS) is 13.8. The van der Waals surface area contributed by atoms with E-state index in [0.717, 1.165) is 12.5 Å². The second-order valence-corrected chi connectivity index (χ2v) is 3.56. The van der Waals surface area contributed by atoms with Gasteiger partial charge < -0.3 is 10.2 Å². The van der Waals surface area contributed by atoms with Gasteiger partial charge in [-0.05, 0) is 39.0 Å². The van der Waals surface area contributed by atoms with Crippen LogP contribution in [0.2, 0.25) is 0 Å². The largest absolute Gasteiger partial charge is 0.319 e. The Morgan fingerprint density at radius 3 is 2.42 bits per heavy atom. The van der Waals surface area contributed by atoms with E-state index in [1.165, 1.54) is 26.1 Å². The molecule has 2 heteroatoms. The molecule has 2 nitrogen and oxygen atoms in total. The van der Waals surface area contributed by atoms with Crippen LogP contribution in [-0.4, -0.2) is 38.1 Å². The molecule has 1 unspecified atom stereocenters. The van der Waals surface area contributed by atoms with Crippen molar-refractivity contribution in [1.82, 2.24) is 10.2 Å². The summed E-state index contributed by atoms with van der Waals surface area (Å²) in [5.41, 5.74) is 0. The van der Waals surface area contributed by atoms with Gasteiger partial charge in [-0.25, -0.2) is 0 Å². The van der Waals surface area contributed by atoms with E-state index in [-0.39, 0.29) is 0 Å². The molecule has 0 aromatic carbocycles. The van der Waals surface area contributed by atoms with Crippen molar-refractivity contribution in [2.45, 2.75) is 27.2 Å². The summed E-state index contributed by atoms with van der Waals surface area (Å²) >= 11 is 0. The zero-order chi connectivity index (χ0) is 9.40. The van der Waals surface area contributed by atoms with E-state index in [1.54, 1.807) is 0 Å². The first-order valence-electron chi connectivity index (χ1n) is 5.11. The van der Waals surface area contributed by atoms with E-state index in [0.29, 0.717) is 0 Å². The highest BCUT2D eigenvalue weighted by atomic mass is 15.1. The summed E-state index contributed by atoms with van der Waals surface area (Å²) in [6.07, 6.45) is 1.26. The summed E-state index contributed by atoms with van der Waals surface area (Å²) in [5.74, 6) is 0.765. The molecule has 0 amide bonds. The predicted octanol–water partition coefficient (Wildman–Crippen LogP) is 1.57. The van der Waals surface area contributed by atoms with Crippen LogP contribution in [0, 0.1) is 5.92 Å². The molecule has 0 aliphatic carbocycles. The van der Waals surface area contributed by atoms with Crippen molar-refractivity contribution in [2.75, 3.05) is 33.2 Å². The van der Waals surface area contributed by atoms with E-state index in [9.17, 15) is 0 Å². The van der Waals surface area contributed by atoms with Gasteiger partial charge in [0.25, 0.3) is 0 Å². The summed E-state index contributed by atoms with van der Waals surface area (Å²) in [6, 6.07) is 0. The molecular formula is C10H24N2. The lowest BCUT2D eigenvalue weighted by Crippen LogP contribution is -2.32. The van der Waals surface area contributed by atoms with Crippen molar-refractivity contribution < 1.29 is 0 Å². The zero-order valence-corrected chi connectivity index (χ0v) is 9.06. The predicted molar refractivity (Wildman–Crippen MR) is 55.5 cm³/mol. The fourth-order valence-electron chi connectivity index (χ4n) is 1.55. The Bertz CT molecular complexity index is 93.8. The van der Waals surface area contributed by atoms with Gasteiger partial charge in [-0.2, -0.15) is 0 Å². The molecule has 0 aliphatic rings. The third kappa shape index (κ3) is 5.56. The monoisotopic (exact) mass is 172 g/mol. The van der Waals surface area contributed by atoms with E-state index < -0.39 is 0 Å². The highest BCUT2D eigenvalue weighted by Gasteiger charge is 2.06. The Morgan fingerprint density at radius 2 is 2.00 bits per heavy atom. The molecule has 0 rings (SSSR count). The number of hydrogen-bond acceptors (Lipinski definition) is 2. The lowest BCUT2D eigenvalue weighted by atomic mass is 10.1. The van der Waals surface area contributed by atoms with Gasteiger partial charge >= 0.3 is 0 Å². The number of hydrogen-bond donors (Lipinski definition) is 1. The standard InChI is InChI=1S/C10H24N2/c1-5-7-12(6-2)9-10(3)8-11-4/h10-11H,5-9H2,1-4H3. The van der Waals surface area contributed by atoms with Crippen molar-refractivity contribution in [2.24, 2.45) is 5.92 Å². The van der Waals surface area contributed by atoms with Crippen molar-refractivity contribution in [3.63, 3.8) is 0 Å². The van der Waals surface area contributed by atoms with Crippen LogP contribution in [0.1, 0.15) is 27.2 Å². The fraction of sp³-hybridized carbons (Fsp3) is 1.00. The molecule has 0 saturated carbocycles. The molecule has 1 N–H and O–H groups in total. The molecule has 74 valence electrons. The van der Waals surface area contributed by atoms with Gasteiger partial charge in [-0.15, -0.1) is 0 Å². The van der Waals surface area contributed by atoms with Crippen LogP contribution in [0.25, 0.3) is 0 Å². The third-order valence-corrected chi connectivity index (χ3v) is 2.11. The van der Waals surface area contributed by atoms with Crippen molar-refractivity contribution in [3.8, 4) is 0 Å². The van der Waals surface area contributed by atoms with Crippen molar-refractivity contribution in [3.05, 3.63) is 0 Å². The fourth-order valence-corrected chi connectivity index (χ4v) is 1.55. The Kier molecular flexibility index (Phi) is 7.51. The highest BCUT2D eigenvalue weighted by Crippen LogP contribution is 1.99. The van der Waals surface area contributed by atoms with E-state index in [2.05, 4.69) is 31.0 Å². The lowest BCUT2D eigenvalue weighted by Gasteiger charge is -2.23. The van der Waals surface area contributed by atoms with Crippen LogP contribution in [0.3, 0.4) is 0 Å². The van der Waals surface area contributed by atoms with Gasteiger partial charge in [0.15, 0.2) is 0 Å². The van der Waals surface area contributed by atoms with E-state index in [1.807, 2.05) is 7.05 Å². The molecule has 0 spiro atoms. The first-order chi connectivity index (χ1) is 5.74. The maximum absolute atomic E-state index is 3.21. The Balaban J connectivity index is 3.53. The van der Waals surface area contributed by atoms with Crippen molar-refractivity contribution >= 4 is 0 Å². The summed E-state index contributed by atoms with van der Waals surface area (Å²) in [6.45, 7) is 11.6. The maximum Gasteiger partial charge on any atom is 0.00190 e. The number of nitrogens with one attached hydrogen (secondary N) is 1. The van der Waals surface area contributed by atoms with Gasteiger partial charge in [0.1, 0.15) is 0 Å². The molecule has 12 heavy (non-hydrogen) atoms. The van der Waals surface area contributed by atoms with E-state index in [4.69, 9.17) is 0 Å². The molecule has 0 fully saturated rings. The smallest absolute Gasteiger partial charge is 0.00190 e. The first kappa shape index (κ1) is 11.9. The molecule has 0 heterocycles. The van der Waals surface area contributed by atoms with Crippen LogP contribution < -0.4 is 5.32 Å². The van der Waals surface area contributed by atoms with Gasteiger partial charge in [-0.1, -0.05) is 20.8 Å². The second-order valence-electron chi connectivity index (χ2n) is 3.56. The summed E-state index contributed by atoms with van der Waals surface area (Å²) in [7, 11) is 2.02. The first-order valence-corrected chi connectivity index (χ1v) is 5.11. The molecule has 0 aliphatic heterocycles. The summed E-state index contributed by atoms with van der Waals surface area (Å²) < 4.78 is 0. The maximum atomic E-state index is 3.21. The molecule has 1 atom stereocenters. The average Bonchev–Trinajstić information content (AvgIpc) is 2.04. The minimum Gasteiger partial charge on any atom is -0.319 e. The summed E-state index contributed by atoms with van der Waals surface area (Å²) in [5, 5.41) is 3.21. The SMILES string of the molecule is CCCN(CC)CC(C)CNC. The molecular weight excluding hydrogens is 148 g/mol. The van der Waals surface area contributed by atoms with Gasteiger partial charge in [0, 0.05) is 6.54 Å². The molecule has 0 radical (unpaired) electrons. The van der Waals surface area contributed by atoms with Crippen LogP contribution in [-0.2, 0) is 0 Å². The molecule has 0 bridgehead atoms. The van der Waals surface area contributed by atoms with Gasteiger partial charge in [0.2, 0.25) is 0 Å². The van der Waals surface area contributed by atoms with Gasteiger partial charge in [-0.3, -0.25) is 0 Å². The van der Waals surface area contributed by atoms with Crippen LogP contribution >= 0.6 is 0 Å². The van der Waals surface area contributed by atoms with E-state index >= 15 is 0 Å². The van der Waals surface area contributed by atoms with Crippen LogP contribution in [0.5, 0.6) is 0 Å². The summed E-state index contributed by atoms with van der Waals surface area (Å²) in [4.78, 5) is 2.52. The minimum absolute atomic E-state index is 0.765. The quantitative estimate of drug-likeness (QED) is 0.627. The van der Waals surface area contributed by atoms with Crippen LogP contribution in [0.4, 0.5) is 0 Å². The third-order valence-electron chi connectivity index (χ3n) is 2.11. The van der Waals surface area contributed by atoms with Crippen LogP contribution in [0.15, 0.2) is 0 Å². The van der Waals surface area contributed by atoms with Gasteiger partial charge in [0.05, 0.1) is 0 Å². The number of nitrogens with zero attached hydrogens (tertiary/aromatic N) is 1.